The van der Waals surface area contributed by atoms with Crippen LogP contribution in [0.4, 0.5) is 5.69 Å². The predicted molar refractivity (Wildman–Crippen MR) is 139 cm³/mol. The van der Waals surface area contributed by atoms with Crippen LogP contribution in [0.1, 0.15) is 40.0 Å². The number of hydrogen-bond acceptors (Lipinski definition) is 6. The molecule has 0 spiro atoms. The number of carbonyl (C=O) groups excluding carboxylic acids is 1. The van der Waals surface area contributed by atoms with Crippen molar-refractivity contribution in [1.82, 2.24) is 15.3 Å². The number of hydroxylamine groups is 1. The second-order valence-electron chi connectivity index (χ2n) is 9.05. The maximum absolute atomic E-state index is 13.5. The van der Waals surface area contributed by atoms with Gasteiger partial charge in [0.05, 0.1) is 22.5 Å². The average molecular weight is 483 g/mol. The van der Waals surface area contributed by atoms with Crippen molar-refractivity contribution in [2.75, 3.05) is 5.32 Å². The van der Waals surface area contributed by atoms with Crippen molar-refractivity contribution < 1.29 is 14.4 Å². The van der Waals surface area contributed by atoms with Crippen LogP contribution in [-0.4, -0.2) is 20.9 Å². The van der Waals surface area contributed by atoms with E-state index in [1.54, 1.807) is 41.4 Å². The molecule has 2 heterocycles. The van der Waals surface area contributed by atoms with Crippen LogP contribution in [0.15, 0.2) is 70.0 Å². The van der Waals surface area contributed by atoms with Crippen LogP contribution >= 0.6 is 0 Å². The van der Waals surface area contributed by atoms with Crippen molar-refractivity contribution in [1.29, 1.82) is 0 Å². The zero-order valence-electron chi connectivity index (χ0n) is 20.4. The smallest absolute Gasteiger partial charge is 0.276 e. The first kappa shape index (κ1) is 23.3. The molecule has 36 heavy (non-hydrogen) atoms. The van der Waals surface area contributed by atoms with E-state index in [4.69, 9.17) is 9.62 Å². The molecule has 3 N–H and O–H groups in total. The largest absolute Gasteiger partial charge is 0.455 e. The molecule has 5 rings (SSSR count). The molecular weight excluding hydrogens is 456 g/mol. The minimum Gasteiger partial charge on any atom is -0.455 e. The SMILES string of the molecule is Cc1cc([C@@H](C)Nc2ccccc2C(=O)NO)c2oc(-c3ccc4nn(C)cc4c3)c(C)c(=O)c2c1. The van der Waals surface area contributed by atoms with E-state index in [9.17, 15) is 9.59 Å². The molecule has 0 aliphatic carbocycles. The Morgan fingerprint density at radius 3 is 2.67 bits per heavy atom. The number of aryl methyl sites for hydroxylation is 2. The fourth-order valence-electron chi connectivity index (χ4n) is 4.63. The molecule has 0 radical (unpaired) electrons. The number of benzene rings is 3. The number of nitrogens with one attached hydrogen (secondary N) is 2. The lowest BCUT2D eigenvalue weighted by molar-refractivity contribution is 0.0707. The molecule has 0 saturated heterocycles. The Morgan fingerprint density at radius 1 is 1.11 bits per heavy atom. The summed E-state index contributed by atoms with van der Waals surface area (Å²) in [6.07, 6.45) is 1.92. The highest BCUT2D eigenvalue weighted by molar-refractivity contribution is 5.99. The third kappa shape index (κ3) is 4.01. The van der Waals surface area contributed by atoms with Crippen LogP contribution in [0.2, 0.25) is 0 Å². The van der Waals surface area contributed by atoms with Crippen molar-refractivity contribution in [3.05, 3.63) is 93.3 Å². The van der Waals surface area contributed by atoms with Crippen molar-refractivity contribution in [2.24, 2.45) is 7.05 Å². The lowest BCUT2D eigenvalue weighted by Gasteiger charge is -2.20. The van der Waals surface area contributed by atoms with Crippen LogP contribution in [0.3, 0.4) is 0 Å². The molecule has 3 aromatic carbocycles. The minimum atomic E-state index is -0.616. The van der Waals surface area contributed by atoms with Crippen LogP contribution in [0, 0.1) is 13.8 Å². The number of rotatable bonds is 5. The highest BCUT2D eigenvalue weighted by atomic mass is 16.5. The Bertz CT molecular complexity index is 1700. The van der Waals surface area contributed by atoms with Gasteiger partial charge in [-0.15, -0.1) is 0 Å². The number of nitrogens with zero attached hydrogens (tertiary/aromatic N) is 2. The molecule has 0 saturated carbocycles. The first-order valence-corrected chi connectivity index (χ1v) is 11.6. The summed E-state index contributed by atoms with van der Waals surface area (Å²) in [7, 11) is 1.87. The normalized spacial score (nSPS) is 12.1. The van der Waals surface area contributed by atoms with Gasteiger partial charge in [-0.05, 0) is 62.7 Å². The molecule has 1 atom stereocenters. The Balaban J connectivity index is 1.66. The van der Waals surface area contributed by atoms with Gasteiger partial charge >= 0.3 is 0 Å². The highest BCUT2D eigenvalue weighted by Crippen LogP contribution is 2.33. The van der Waals surface area contributed by atoms with Gasteiger partial charge in [-0.3, -0.25) is 19.5 Å². The van der Waals surface area contributed by atoms with E-state index in [0.717, 1.165) is 27.6 Å². The zero-order valence-corrected chi connectivity index (χ0v) is 20.4. The summed E-state index contributed by atoms with van der Waals surface area (Å²) in [6, 6.07) is 16.2. The van der Waals surface area contributed by atoms with E-state index in [1.165, 1.54) is 0 Å². The summed E-state index contributed by atoms with van der Waals surface area (Å²) < 4.78 is 8.22. The van der Waals surface area contributed by atoms with Crippen molar-refractivity contribution in [2.45, 2.75) is 26.8 Å². The second kappa shape index (κ2) is 8.98. The van der Waals surface area contributed by atoms with Crippen LogP contribution in [0.5, 0.6) is 0 Å². The molecule has 5 aromatic rings. The van der Waals surface area contributed by atoms with Crippen molar-refractivity contribution in [3.8, 4) is 11.3 Å². The van der Waals surface area contributed by atoms with E-state index in [-0.39, 0.29) is 11.5 Å². The summed E-state index contributed by atoms with van der Waals surface area (Å²) in [4.78, 5) is 25.6. The summed E-state index contributed by atoms with van der Waals surface area (Å²) >= 11 is 0. The van der Waals surface area contributed by atoms with E-state index in [1.807, 2.05) is 57.4 Å². The van der Waals surface area contributed by atoms with Gasteiger partial charge in [0.1, 0.15) is 11.3 Å². The molecule has 0 unspecified atom stereocenters. The Morgan fingerprint density at radius 2 is 1.89 bits per heavy atom. The van der Waals surface area contributed by atoms with Gasteiger partial charge in [0.2, 0.25) is 0 Å². The summed E-state index contributed by atoms with van der Waals surface area (Å²) in [5, 5.41) is 18.3. The molecule has 0 fully saturated rings. The van der Waals surface area contributed by atoms with Gasteiger partial charge < -0.3 is 9.73 Å². The molecular formula is C28H26N4O4. The number of aromatic nitrogens is 2. The third-order valence-corrected chi connectivity index (χ3v) is 6.38. The molecule has 2 aromatic heterocycles. The van der Waals surface area contributed by atoms with Crippen molar-refractivity contribution >= 4 is 33.5 Å². The number of amides is 1. The Labute approximate surface area is 207 Å². The van der Waals surface area contributed by atoms with Gasteiger partial charge in [0.15, 0.2) is 5.43 Å². The van der Waals surface area contributed by atoms with Gasteiger partial charge in [0.25, 0.3) is 5.91 Å². The predicted octanol–water partition coefficient (Wildman–Crippen LogP) is 5.26. The molecule has 8 nitrogen and oxygen atoms in total. The number of anilines is 1. The summed E-state index contributed by atoms with van der Waals surface area (Å²) in [5.41, 5.74) is 6.82. The number of para-hydroxylation sites is 1. The Hall–Kier alpha value is -4.43. The number of hydrogen-bond donors (Lipinski definition) is 3. The zero-order chi connectivity index (χ0) is 25.6. The Kier molecular flexibility index (Phi) is 5.81. The van der Waals surface area contributed by atoms with E-state index in [0.29, 0.717) is 33.5 Å². The van der Waals surface area contributed by atoms with Gasteiger partial charge in [-0.2, -0.15) is 5.10 Å². The van der Waals surface area contributed by atoms with E-state index in [2.05, 4.69) is 10.4 Å². The quantitative estimate of drug-likeness (QED) is 0.233. The van der Waals surface area contributed by atoms with Crippen LogP contribution in [0.25, 0.3) is 33.2 Å². The maximum Gasteiger partial charge on any atom is 0.276 e. The third-order valence-electron chi connectivity index (χ3n) is 6.38. The van der Waals surface area contributed by atoms with E-state index >= 15 is 0 Å². The summed E-state index contributed by atoms with van der Waals surface area (Å²) in [6.45, 7) is 5.65. The first-order valence-electron chi connectivity index (χ1n) is 11.6. The lowest BCUT2D eigenvalue weighted by atomic mass is 9.98. The van der Waals surface area contributed by atoms with Gasteiger partial charge in [-0.1, -0.05) is 18.2 Å². The molecule has 0 bridgehead atoms. The topological polar surface area (TPSA) is 109 Å². The lowest BCUT2D eigenvalue weighted by Crippen LogP contribution is -2.21. The highest BCUT2D eigenvalue weighted by Gasteiger charge is 2.20. The van der Waals surface area contributed by atoms with Gasteiger partial charge in [0, 0.05) is 41.0 Å². The monoisotopic (exact) mass is 482 g/mol. The fraction of sp³-hybridized carbons (Fsp3) is 0.179. The minimum absolute atomic E-state index is 0.0882. The number of fused-ring (bicyclic) bond motifs is 2. The maximum atomic E-state index is 13.5. The van der Waals surface area contributed by atoms with E-state index < -0.39 is 5.91 Å². The molecule has 182 valence electrons. The van der Waals surface area contributed by atoms with Crippen LogP contribution in [-0.2, 0) is 7.05 Å². The van der Waals surface area contributed by atoms with Crippen molar-refractivity contribution in [3.63, 3.8) is 0 Å². The second-order valence-corrected chi connectivity index (χ2v) is 9.05. The molecule has 1 amide bonds. The number of carbonyl (C=O) groups is 1. The van der Waals surface area contributed by atoms with Gasteiger partial charge in [-0.25, -0.2) is 5.48 Å². The molecule has 0 aliphatic rings. The van der Waals surface area contributed by atoms with Crippen LogP contribution < -0.4 is 16.2 Å². The molecule has 8 heteroatoms. The first-order chi connectivity index (χ1) is 17.3. The average Bonchev–Trinajstić information content (AvgIpc) is 3.25. The standard InChI is InChI=1S/C28H26N4O4/c1-15-11-21(17(3)29-24-8-6-5-7-20(24)28(34)31-35)27-22(12-15)25(33)16(2)26(36-27)18-9-10-23-19(13-18)14-32(4)30-23/h5-14,17,29,35H,1-4H3,(H,31,34)/t17-/m1/s1. The summed E-state index contributed by atoms with van der Waals surface area (Å²) in [5.74, 6) is -0.106. The molecule has 0 aliphatic heterocycles. The fourth-order valence-corrected chi connectivity index (χ4v) is 4.63.